The first kappa shape index (κ1) is 19.1. The van der Waals surface area contributed by atoms with Gasteiger partial charge in [0, 0.05) is 48.8 Å². The van der Waals surface area contributed by atoms with Crippen LogP contribution in [0.2, 0.25) is 0 Å². The van der Waals surface area contributed by atoms with Gasteiger partial charge in [-0.2, -0.15) is 5.10 Å². The van der Waals surface area contributed by atoms with Crippen LogP contribution in [0.15, 0.2) is 67.0 Å². The molecular formula is C22H20N6O2. The highest BCUT2D eigenvalue weighted by Crippen LogP contribution is 2.25. The lowest BCUT2D eigenvalue weighted by molar-refractivity contribution is 0.102. The zero-order valence-electron chi connectivity index (χ0n) is 16.5. The van der Waals surface area contributed by atoms with Gasteiger partial charge >= 0.3 is 6.03 Å². The van der Waals surface area contributed by atoms with Crippen LogP contribution in [0.25, 0.3) is 22.0 Å². The highest BCUT2D eigenvalue weighted by molar-refractivity contribution is 6.11. The van der Waals surface area contributed by atoms with Gasteiger partial charge in [-0.15, -0.1) is 0 Å². The number of carbonyl (C=O) groups is 2. The Kier molecular flexibility index (Phi) is 5.13. The van der Waals surface area contributed by atoms with Crippen molar-refractivity contribution in [1.29, 1.82) is 0 Å². The Morgan fingerprint density at radius 3 is 2.47 bits per heavy atom. The fourth-order valence-corrected chi connectivity index (χ4v) is 3.00. The Bertz CT molecular complexity index is 1220. The van der Waals surface area contributed by atoms with Crippen LogP contribution in [0.5, 0.6) is 0 Å². The van der Waals surface area contributed by atoms with Crippen LogP contribution in [0, 0.1) is 0 Å². The number of carbonyl (C=O) groups excluding carboxylic acids is 2. The van der Waals surface area contributed by atoms with Gasteiger partial charge in [-0.1, -0.05) is 18.2 Å². The molecule has 0 atom stereocenters. The molecule has 0 unspecified atom stereocenters. The first-order valence-electron chi connectivity index (χ1n) is 9.29. The fraction of sp³-hybridized carbons (Fsp3) is 0.0909. The summed E-state index contributed by atoms with van der Waals surface area (Å²) in [4.78, 5) is 30.3. The molecule has 0 spiro atoms. The van der Waals surface area contributed by atoms with E-state index in [9.17, 15) is 9.59 Å². The van der Waals surface area contributed by atoms with Crippen molar-refractivity contribution >= 4 is 34.2 Å². The van der Waals surface area contributed by atoms with Crippen LogP contribution < -0.4 is 10.6 Å². The van der Waals surface area contributed by atoms with Crippen molar-refractivity contribution in [1.82, 2.24) is 20.1 Å². The van der Waals surface area contributed by atoms with Gasteiger partial charge < -0.3 is 15.5 Å². The van der Waals surface area contributed by atoms with Crippen molar-refractivity contribution in [2.45, 2.75) is 0 Å². The molecule has 3 N–H and O–H groups in total. The Labute approximate surface area is 172 Å². The van der Waals surface area contributed by atoms with E-state index in [-0.39, 0.29) is 11.9 Å². The standard InChI is InChI=1S/C22H20N6O2/c1-28(2)22(30)25-17-7-3-6-16(12-17)24-21(29)20-18-11-14(8-9-19(18)26-27-20)15-5-4-10-23-13-15/h3-13H,1-2H3,(H,24,29)(H,25,30)(H,26,27). The van der Waals surface area contributed by atoms with E-state index in [1.54, 1.807) is 50.8 Å². The molecule has 0 radical (unpaired) electrons. The molecule has 0 bridgehead atoms. The Morgan fingerprint density at radius 2 is 1.73 bits per heavy atom. The summed E-state index contributed by atoms with van der Waals surface area (Å²) in [6, 6.07) is 16.3. The first-order valence-corrected chi connectivity index (χ1v) is 9.29. The zero-order valence-corrected chi connectivity index (χ0v) is 16.5. The highest BCUT2D eigenvalue weighted by atomic mass is 16.2. The van der Waals surface area contributed by atoms with Crippen molar-refractivity contribution in [3.05, 3.63) is 72.7 Å². The fourth-order valence-electron chi connectivity index (χ4n) is 3.00. The summed E-state index contributed by atoms with van der Waals surface area (Å²) in [7, 11) is 3.31. The molecule has 2 aromatic carbocycles. The van der Waals surface area contributed by atoms with E-state index in [2.05, 4.69) is 25.8 Å². The second-order valence-corrected chi connectivity index (χ2v) is 6.93. The van der Waals surface area contributed by atoms with Crippen molar-refractivity contribution in [3.63, 3.8) is 0 Å². The molecular weight excluding hydrogens is 380 g/mol. The maximum atomic E-state index is 12.9. The molecule has 4 rings (SSSR count). The number of urea groups is 1. The number of anilines is 2. The molecule has 8 nitrogen and oxygen atoms in total. The van der Waals surface area contributed by atoms with Crippen LogP contribution in [-0.2, 0) is 0 Å². The van der Waals surface area contributed by atoms with Crippen LogP contribution in [0.1, 0.15) is 10.5 Å². The van der Waals surface area contributed by atoms with Crippen molar-refractivity contribution in [3.8, 4) is 11.1 Å². The summed E-state index contributed by atoms with van der Waals surface area (Å²) in [5, 5.41) is 13.4. The predicted molar refractivity (Wildman–Crippen MR) is 116 cm³/mol. The van der Waals surface area contributed by atoms with Gasteiger partial charge in [-0.05, 0) is 42.0 Å². The van der Waals surface area contributed by atoms with E-state index >= 15 is 0 Å². The van der Waals surface area contributed by atoms with Crippen LogP contribution in [0.4, 0.5) is 16.2 Å². The molecule has 2 aromatic heterocycles. The number of nitrogens with one attached hydrogen (secondary N) is 3. The molecule has 0 fully saturated rings. The summed E-state index contributed by atoms with van der Waals surface area (Å²) in [6.45, 7) is 0. The third kappa shape index (κ3) is 3.97. The zero-order chi connectivity index (χ0) is 21.1. The van der Waals surface area contributed by atoms with Crippen LogP contribution >= 0.6 is 0 Å². The quantitative estimate of drug-likeness (QED) is 0.482. The van der Waals surface area contributed by atoms with Gasteiger partial charge in [0.05, 0.1) is 5.52 Å². The molecule has 2 heterocycles. The minimum atomic E-state index is -0.347. The molecule has 0 saturated carbocycles. The lowest BCUT2D eigenvalue weighted by Crippen LogP contribution is -2.27. The van der Waals surface area contributed by atoms with Gasteiger partial charge in [-0.25, -0.2) is 4.79 Å². The van der Waals surface area contributed by atoms with Crippen LogP contribution in [0.3, 0.4) is 0 Å². The summed E-state index contributed by atoms with van der Waals surface area (Å²) in [5.74, 6) is -0.347. The van der Waals surface area contributed by atoms with Crippen molar-refractivity contribution in [2.75, 3.05) is 24.7 Å². The largest absolute Gasteiger partial charge is 0.331 e. The van der Waals surface area contributed by atoms with E-state index in [1.807, 2.05) is 30.3 Å². The second-order valence-electron chi connectivity index (χ2n) is 6.93. The number of rotatable bonds is 4. The molecule has 30 heavy (non-hydrogen) atoms. The average Bonchev–Trinajstić information content (AvgIpc) is 3.18. The number of benzene rings is 2. The van der Waals surface area contributed by atoms with Gasteiger partial charge in [0.2, 0.25) is 0 Å². The number of pyridine rings is 1. The van der Waals surface area contributed by atoms with E-state index in [0.717, 1.165) is 16.6 Å². The molecule has 0 aliphatic rings. The minimum absolute atomic E-state index is 0.250. The molecule has 8 heteroatoms. The number of hydrogen-bond donors (Lipinski definition) is 3. The smallest absolute Gasteiger partial charge is 0.321 e. The number of amides is 3. The SMILES string of the molecule is CN(C)C(=O)Nc1cccc(NC(=O)c2n[nH]c3ccc(-c4cccnc4)cc23)c1. The third-order valence-electron chi connectivity index (χ3n) is 4.55. The van der Waals surface area contributed by atoms with E-state index in [1.165, 1.54) is 4.90 Å². The maximum Gasteiger partial charge on any atom is 0.321 e. The monoisotopic (exact) mass is 400 g/mol. The third-order valence-corrected chi connectivity index (χ3v) is 4.55. The van der Waals surface area contributed by atoms with Gasteiger partial charge in [0.15, 0.2) is 5.69 Å². The molecule has 3 amide bonds. The van der Waals surface area contributed by atoms with Crippen molar-refractivity contribution < 1.29 is 9.59 Å². The van der Waals surface area contributed by atoms with Crippen LogP contribution in [-0.4, -0.2) is 46.1 Å². The second kappa shape index (κ2) is 8.04. The minimum Gasteiger partial charge on any atom is -0.331 e. The number of aromatic nitrogens is 3. The first-order chi connectivity index (χ1) is 14.5. The lowest BCUT2D eigenvalue weighted by Gasteiger charge is -2.13. The average molecular weight is 400 g/mol. The Balaban J connectivity index is 1.59. The lowest BCUT2D eigenvalue weighted by atomic mass is 10.0. The summed E-state index contributed by atoms with van der Waals surface area (Å²) < 4.78 is 0. The summed E-state index contributed by atoms with van der Waals surface area (Å²) in [6.07, 6.45) is 3.49. The molecule has 0 aliphatic heterocycles. The number of nitrogens with zero attached hydrogens (tertiary/aromatic N) is 3. The number of H-pyrrole nitrogens is 1. The van der Waals surface area contributed by atoms with Gasteiger partial charge in [0.1, 0.15) is 0 Å². The molecule has 0 saturated heterocycles. The predicted octanol–water partition coefficient (Wildman–Crippen LogP) is 3.97. The molecule has 150 valence electrons. The van der Waals surface area contributed by atoms with E-state index < -0.39 is 0 Å². The summed E-state index contributed by atoms with van der Waals surface area (Å²) in [5.41, 5.74) is 4.09. The normalized spacial score (nSPS) is 10.6. The number of aromatic amines is 1. The molecule has 0 aliphatic carbocycles. The molecule has 4 aromatic rings. The van der Waals surface area contributed by atoms with E-state index in [4.69, 9.17) is 0 Å². The topological polar surface area (TPSA) is 103 Å². The van der Waals surface area contributed by atoms with Gasteiger partial charge in [-0.3, -0.25) is 14.9 Å². The highest BCUT2D eigenvalue weighted by Gasteiger charge is 2.16. The number of hydrogen-bond acceptors (Lipinski definition) is 4. The number of fused-ring (bicyclic) bond motifs is 1. The van der Waals surface area contributed by atoms with E-state index in [0.29, 0.717) is 22.5 Å². The van der Waals surface area contributed by atoms with Crippen molar-refractivity contribution in [2.24, 2.45) is 0 Å². The maximum absolute atomic E-state index is 12.9. The summed E-state index contributed by atoms with van der Waals surface area (Å²) >= 11 is 0. The van der Waals surface area contributed by atoms with Gasteiger partial charge in [0.25, 0.3) is 5.91 Å². The Morgan fingerprint density at radius 1 is 0.933 bits per heavy atom. The Hall–Kier alpha value is -4.20.